The number of thioether (sulfide) groups is 1. The molecule has 0 bridgehead atoms. The van der Waals surface area contributed by atoms with Crippen LogP contribution in [0.5, 0.6) is 0 Å². The average molecular weight is 194 g/mol. The summed E-state index contributed by atoms with van der Waals surface area (Å²) in [4.78, 5) is 1.27. The fourth-order valence-corrected chi connectivity index (χ4v) is 2.96. The lowest BCUT2D eigenvalue weighted by Crippen LogP contribution is -2.14. The Balaban J connectivity index is 1.98. The maximum absolute atomic E-state index is 9.63. The highest BCUT2D eigenvalue weighted by molar-refractivity contribution is 8.00. The predicted octanol–water partition coefficient (Wildman–Crippen LogP) is 2.69. The topological polar surface area (TPSA) is 20.2 Å². The van der Waals surface area contributed by atoms with Gasteiger partial charge in [0.05, 0.1) is 6.10 Å². The van der Waals surface area contributed by atoms with Gasteiger partial charge < -0.3 is 5.11 Å². The highest BCUT2D eigenvalue weighted by Gasteiger charge is 2.25. The largest absolute Gasteiger partial charge is 0.392 e. The highest BCUT2D eigenvalue weighted by atomic mass is 32.2. The molecule has 1 aliphatic rings. The maximum Gasteiger partial charge on any atom is 0.0662 e. The standard InChI is InChI=1S/C11H14OS/c12-10-7-4-8-11(10)13-9-5-2-1-3-6-9/h1-3,5-6,10-12H,4,7-8H2/t10?,11-/m0/s1. The first-order valence-corrected chi connectivity index (χ1v) is 5.64. The molecule has 2 rings (SSSR count). The average Bonchev–Trinajstić information content (AvgIpc) is 2.54. The number of benzene rings is 1. The van der Waals surface area contributed by atoms with E-state index in [1.54, 1.807) is 0 Å². The van der Waals surface area contributed by atoms with Gasteiger partial charge in [0.2, 0.25) is 0 Å². The maximum atomic E-state index is 9.63. The summed E-state index contributed by atoms with van der Waals surface area (Å²) in [6.07, 6.45) is 3.21. The van der Waals surface area contributed by atoms with Gasteiger partial charge in [-0.2, -0.15) is 0 Å². The van der Waals surface area contributed by atoms with Crippen molar-refractivity contribution in [1.29, 1.82) is 0 Å². The Morgan fingerprint density at radius 3 is 2.54 bits per heavy atom. The zero-order chi connectivity index (χ0) is 9.10. The molecule has 0 aromatic heterocycles. The van der Waals surface area contributed by atoms with Crippen molar-refractivity contribution >= 4 is 11.8 Å². The molecule has 1 saturated carbocycles. The normalized spacial score (nSPS) is 27.8. The molecule has 70 valence electrons. The summed E-state index contributed by atoms with van der Waals surface area (Å²) in [6, 6.07) is 10.3. The van der Waals surface area contributed by atoms with Crippen molar-refractivity contribution in [2.24, 2.45) is 0 Å². The molecule has 1 aromatic rings. The quantitative estimate of drug-likeness (QED) is 0.781. The summed E-state index contributed by atoms with van der Waals surface area (Å²) in [5, 5.41) is 10.0. The van der Waals surface area contributed by atoms with Gasteiger partial charge in [-0.05, 0) is 31.4 Å². The number of rotatable bonds is 2. The molecule has 2 heteroatoms. The van der Waals surface area contributed by atoms with Crippen LogP contribution in [0, 0.1) is 0 Å². The fraction of sp³-hybridized carbons (Fsp3) is 0.455. The van der Waals surface area contributed by atoms with Gasteiger partial charge in [-0.25, -0.2) is 0 Å². The second kappa shape index (κ2) is 4.16. The van der Waals surface area contributed by atoms with Crippen LogP contribution < -0.4 is 0 Å². The molecular formula is C11H14OS. The summed E-state index contributed by atoms with van der Waals surface area (Å²) in [5.41, 5.74) is 0. The molecule has 0 radical (unpaired) electrons. The van der Waals surface area contributed by atoms with Crippen molar-refractivity contribution < 1.29 is 5.11 Å². The molecule has 1 nitrogen and oxygen atoms in total. The number of hydrogen-bond donors (Lipinski definition) is 1. The highest BCUT2D eigenvalue weighted by Crippen LogP contribution is 2.34. The van der Waals surface area contributed by atoms with Crippen molar-refractivity contribution in [1.82, 2.24) is 0 Å². The van der Waals surface area contributed by atoms with E-state index in [0.717, 1.165) is 12.8 Å². The Kier molecular flexibility index (Phi) is 2.91. The van der Waals surface area contributed by atoms with Crippen LogP contribution in [0.2, 0.25) is 0 Å². The zero-order valence-electron chi connectivity index (χ0n) is 7.52. The van der Waals surface area contributed by atoms with Crippen molar-refractivity contribution in [3.63, 3.8) is 0 Å². The van der Waals surface area contributed by atoms with Crippen LogP contribution >= 0.6 is 11.8 Å². The Morgan fingerprint density at radius 2 is 1.92 bits per heavy atom. The number of aliphatic hydroxyl groups is 1. The van der Waals surface area contributed by atoms with Gasteiger partial charge in [-0.3, -0.25) is 0 Å². The van der Waals surface area contributed by atoms with Gasteiger partial charge in [0.1, 0.15) is 0 Å². The van der Waals surface area contributed by atoms with Crippen LogP contribution in [-0.2, 0) is 0 Å². The van der Waals surface area contributed by atoms with Crippen LogP contribution in [-0.4, -0.2) is 16.5 Å². The van der Waals surface area contributed by atoms with E-state index < -0.39 is 0 Å². The summed E-state index contributed by atoms with van der Waals surface area (Å²) in [7, 11) is 0. The van der Waals surface area contributed by atoms with E-state index in [0.29, 0.717) is 5.25 Å². The molecule has 1 aliphatic carbocycles. The van der Waals surface area contributed by atoms with Gasteiger partial charge in [0, 0.05) is 10.1 Å². The van der Waals surface area contributed by atoms with E-state index in [-0.39, 0.29) is 6.10 Å². The van der Waals surface area contributed by atoms with Gasteiger partial charge in [-0.1, -0.05) is 18.2 Å². The summed E-state index contributed by atoms with van der Waals surface area (Å²) >= 11 is 1.81. The first-order valence-electron chi connectivity index (χ1n) is 4.76. The van der Waals surface area contributed by atoms with Gasteiger partial charge in [0.15, 0.2) is 0 Å². The molecule has 1 unspecified atom stereocenters. The monoisotopic (exact) mass is 194 g/mol. The van der Waals surface area contributed by atoms with E-state index in [1.165, 1.54) is 11.3 Å². The van der Waals surface area contributed by atoms with Crippen molar-refractivity contribution in [3.05, 3.63) is 30.3 Å². The lowest BCUT2D eigenvalue weighted by molar-refractivity contribution is 0.188. The lowest BCUT2D eigenvalue weighted by Gasteiger charge is -2.13. The molecule has 2 atom stereocenters. The molecule has 1 N–H and O–H groups in total. The Bertz CT molecular complexity index is 260. The molecule has 1 aromatic carbocycles. The zero-order valence-corrected chi connectivity index (χ0v) is 8.33. The fourth-order valence-electron chi connectivity index (χ4n) is 1.72. The van der Waals surface area contributed by atoms with Crippen LogP contribution in [0.4, 0.5) is 0 Å². The second-order valence-corrected chi connectivity index (χ2v) is 4.78. The van der Waals surface area contributed by atoms with Crippen molar-refractivity contribution in [3.8, 4) is 0 Å². The molecule has 0 spiro atoms. The molecular weight excluding hydrogens is 180 g/mol. The Labute approximate surface area is 83.2 Å². The van der Waals surface area contributed by atoms with E-state index in [2.05, 4.69) is 12.1 Å². The minimum Gasteiger partial charge on any atom is -0.392 e. The molecule has 1 fully saturated rings. The van der Waals surface area contributed by atoms with Crippen molar-refractivity contribution in [2.75, 3.05) is 0 Å². The molecule has 13 heavy (non-hydrogen) atoms. The molecule has 0 saturated heterocycles. The summed E-state index contributed by atoms with van der Waals surface area (Å²) < 4.78 is 0. The third-order valence-electron chi connectivity index (χ3n) is 2.45. The van der Waals surface area contributed by atoms with Gasteiger partial charge >= 0.3 is 0 Å². The van der Waals surface area contributed by atoms with Crippen LogP contribution in [0.25, 0.3) is 0 Å². The first-order chi connectivity index (χ1) is 6.36. The summed E-state index contributed by atoms with van der Waals surface area (Å²) in [6.45, 7) is 0. The second-order valence-electron chi connectivity index (χ2n) is 3.47. The third-order valence-corrected chi connectivity index (χ3v) is 3.85. The van der Waals surface area contributed by atoms with E-state index in [9.17, 15) is 5.11 Å². The van der Waals surface area contributed by atoms with Crippen LogP contribution in [0.15, 0.2) is 35.2 Å². The van der Waals surface area contributed by atoms with E-state index >= 15 is 0 Å². The minimum absolute atomic E-state index is 0.0924. The lowest BCUT2D eigenvalue weighted by atomic mass is 10.3. The molecule has 0 amide bonds. The predicted molar refractivity (Wildman–Crippen MR) is 55.9 cm³/mol. The third kappa shape index (κ3) is 2.26. The molecule has 0 heterocycles. The van der Waals surface area contributed by atoms with Crippen LogP contribution in [0.1, 0.15) is 19.3 Å². The first kappa shape index (κ1) is 9.10. The SMILES string of the molecule is OC1CCC[C@@H]1Sc1ccccc1. The summed E-state index contributed by atoms with van der Waals surface area (Å²) in [5.74, 6) is 0. The van der Waals surface area contributed by atoms with Crippen molar-refractivity contribution in [2.45, 2.75) is 35.5 Å². The molecule has 0 aliphatic heterocycles. The van der Waals surface area contributed by atoms with Crippen LogP contribution in [0.3, 0.4) is 0 Å². The van der Waals surface area contributed by atoms with E-state index in [1.807, 2.05) is 30.0 Å². The Hall–Kier alpha value is -0.470. The van der Waals surface area contributed by atoms with Gasteiger partial charge in [-0.15, -0.1) is 11.8 Å². The van der Waals surface area contributed by atoms with E-state index in [4.69, 9.17) is 0 Å². The number of hydrogen-bond acceptors (Lipinski definition) is 2. The van der Waals surface area contributed by atoms with Gasteiger partial charge in [0.25, 0.3) is 0 Å². The smallest absolute Gasteiger partial charge is 0.0662 e. The number of aliphatic hydroxyl groups excluding tert-OH is 1. The minimum atomic E-state index is -0.0924. The Morgan fingerprint density at radius 1 is 1.15 bits per heavy atom.